The molecule has 1 saturated heterocycles. The lowest BCUT2D eigenvalue weighted by Crippen LogP contribution is -2.45. The highest BCUT2D eigenvalue weighted by molar-refractivity contribution is 6.00. The average Bonchev–Trinajstić information content (AvgIpc) is 3.19. The Labute approximate surface area is 137 Å². The summed E-state index contributed by atoms with van der Waals surface area (Å²) in [5.74, 6) is -0.104. The van der Waals surface area contributed by atoms with Crippen LogP contribution in [0.3, 0.4) is 0 Å². The average molecular weight is 315 g/mol. The zero-order valence-electron chi connectivity index (χ0n) is 13.8. The number of nitrogens with one attached hydrogen (secondary N) is 1. The van der Waals surface area contributed by atoms with Crippen LogP contribution < -0.4 is 5.32 Å². The lowest BCUT2D eigenvalue weighted by Gasteiger charge is -2.23. The summed E-state index contributed by atoms with van der Waals surface area (Å²) in [6.45, 7) is 6.42. The van der Waals surface area contributed by atoms with Crippen molar-refractivity contribution in [2.45, 2.75) is 38.8 Å². The Balaban J connectivity index is 1.45. The maximum absolute atomic E-state index is 12.4. The first-order chi connectivity index (χ1) is 11.2. The molecular formula is C18H25N3O2. The minimum absolute atomic E-state index is 0.0414. The maximum Gasteiger partial charge on any atom is 0.255 e. The van der Waals surface area contributed by atoms with Gasteiger partial charge in [0.1, 0.15) is 6.04 Å². The van der Waals surface area contributed by atoms with E-state index < -0.39 is 6.04 Å². The van der Waals surface area contributed by atoms with Gasteiger partial charge < -0.3 is 15.1 Å². The molecule has 3 rings (SSSR count). The Kier molecular flexibility index (Phi) is 4.96. The van der Waals surface area contributed by atoms with Crippen LogP contribution in [-0.2, 0) is 11.3 Å². The molecule has 0 aromatic heterocycles. The fourth-order valence-electron chi connectivity index (χ4n) is 3.40. The smallest absolute Gasteiger partial charge is 0.255 e. The van der Waals surface area contributed by atoms with Crippen LogP contribution in [0.5, 0.6) is 0 Å². The van der Waals surface area contributed by atoms with E-state index in [-0.39, 0.29) is 11.8 Å². The van der Waals surface area contributed by atoms with Crippen molar-refractivity contribution in [3.05, 3.63) is 35.4 Å². The highest BCUT2D eigenvalue weighted by atomic mass is 16.2. The fraction of sp³-hybridized carbons (Fsp3) is 0.556. The highest BCUT2D eigenvalue weighted by Crippen LogP contribution is 2.24. The number of nitrogens with zero attached hydrogens (tertiary/aromatic N) is 2. The standard InChI is InChI=1S/C18H25N3O2/c1-14(17(22)19-9-6-12-20-10-4-5-11-20)21-13-15-7-2-3-8-16(15)18(21)23/h2-3,7-8,14H,4-6,9-13H2,1H3,(H,19,22). The zero-order chi connectivity index (χ0) is 16.2. The summed E-state index contributed by atoms with van der Waals surface area (Å²) in [7, 11) is 0. The third-order valence-electron chi connectivity index (χ3n) is 4.85. The predicted octanol–water partition coefficient (Wildman–Crippen LogP) is 1.63. The quantitative estimate of drug-likeness (QED) is 0.812. The van der Waals surface area contributed by atoms with Gasteiger partial charge in [0, 0.05) is 18.7 Å². The van der Waals surface area contributed by atoms with Gasteiger partial charge in [0.05, 0.1) is 0 Å². The minimum Gasteiger partial charge on any atom is -0.354 e. The van der Waals surface area contributed by atoms with Gasteiger partial charge in [-0.3, -0.25) is 9.59 Å². The number of likely N-dealkylation sites (tertiary alicyclic amines) is 1. The molecule has 23 heavy (non-hydrogen) atoms. The van der Waals surface area contributed by atoms with Crippen molar-refractivity contribution < 1.29 is 9.59 Å². The van der Waals surface area contributed by atoms with Crippen molar-refractivity contribution >= 4 is 11.8 Å². The van der Waals surface area contributed by atoms with E-state index in [1.165, 1.54) is 25.9 Å². The lowest BCUT2D eigenvalue weighted by molar-refractivity contribution is -0.125. The van der Waals surface area contributed by atoms with Gasteiger partial charge in [0.2, 0.25) is 5.91 Å². The SMILES string of the molecule is CC(C(=O)NCCCN1CCCC1)N1Cc2ccccc2C1=O. The third kappa shape index (κ3) is 3.55. The summed E-state index contributed by atoms with van der Waals surface area (Å²) in [5, 5.41) is 2.97. The van der Waals surface area contributed by atoms with Gasteiger partial charge in [-0.2, -0.15) is 0 Å². The number of rotatable bonds is 6. The monoisotopic (exact) mass is 315 g/mol. The van der Waals surface area contributed by atoms with Gasteiger partial charge in [0.25, 0.3) is 5.91 Å². The predicted molar refractivity (Wildman–Crippen MR) is 89.1 cm³/mol. The van der Waals surface area contributed by atoms with E-state index >= 15 is 0 Å². The number of fused-ring (bicyclic) bond motifs is 1. The first-order valence-electron chi connectivity index (χ1n) is 8.56. The molecule has 2 heterocycles. The second-order valence-electron chi connectivity index (χ2n) is 6.46. The second kappa shape index (κ2) is 7.13. The van der Waals surface area contributed by atoms with E-state index in [4.69, 9.17) is 0 Å². The van der Waals surface area contributed by atoms with E-state index in [1.54, 1.807) is 11.8 Å². The Bertz CT molecular complexity index is 581. The van der Waals surface area contributed by atoms with Gasteiger partial charge >= 0.3 is 0 Å². The van der Waals surface area contributed by atoms with Crippen LogP contribution >= 0.6 is 0 Å². The number of hydrogen-bond donors (Lipinski definition) is 1. The molecule has 1 N–H and O–H groups in total. The van der Waals surface area contributed by atoms with Crippen LogP contribution in [0.15, 0.2) is 24.3 Å². The van der Waals surface area contributed by atoms with Crippen molar-refractivity contribution in [3.8, 4) is 0 Å². The fourth-order valence-corrected chi connectivity index (χ4v) is 3.40. The van der Waals surface area contributed by atoms with Crippen LogP contribution in [0.25, 0.3) is 0 Å². The van der Waals surface area contributed by atoms with Gasteiger partial charge in [0.15, 0.2) is 0 Å². The Morgan fingerprint density at radius 1 is 1.26 bits per heavy atom. The highest BCUT2D eigenvalue weighted by Gasteiger charge is 2.33. The van der Waals surface area contributed by atoms with Crippen molar-refractivity contribution in [1.29, 1.82) is 0 Å². The van der Waals surface area contributed by atoms with Crippen LogP contribution in [0, 0.1) is 0 Å². The minimum atomic E-state index is -0.429. The van der Waals surface area contributed by atoms with Crippen molar-refractivity contribution in [1.82, 2.24) is 15.1 Å². The van der Waals surface area contributed by atoms with Crippen molar-refractivity contribution in [3.63, 3.8) is 0 Å². The molecule has 5 nitrogen and oxygen atoms in total. The molecule has 1 atom stereocenters. The number of hydrogen-bond acceptors (Lipinski definition) is 3. The normalized spacial score (nSPS) is 19.0. The number of carbonyl (C=O) groups is 2. The molecule has 2 amide bonds. The molecule has 1 unspecified atom stereocenters. The molecule has 2 aliphatic rings. The molecule has 0 aliphatic carbocycles. The molecule has 1 aromatic carbocycles. The Morgan fingerprint density at radius 3 is 2.74 bits per heavy atom. The van der Waals surface area contributed by atoms with Crippen molar-refractivity contribution in [2.24, 2.45) is 0 Å². The Morgan fingerprint density at radius 2 is 2.00 bits per heavy atom. The van der Waals surface area contributed by atoms with Gasteiger partial charge in [-0.15, -0.1) is 0 Å². The molecule has 2 aliphatic heterocycles. The largest absolute Gasteiger partial charge is 0.354 e. The summed E-state index contributed by atoms with van der Waals surface area (Å²) in [5.41, 5.74) is 1.73. The summed E-state index contributed by atoms with van der Waals surface area (Å²) < 4.78 is 0. The first kappa shape index (κ1) is 16.0. The molecule has 1 fully saturated rings. The topological polar surface area (TPSA) is 52.7 Å². The molecule has 5 heteroatoms. The second-order valence-corrected chi connectivity index (χ2v) is 6.46. The van der Waals surface area contributed by atoms with E-state index in [0.29, 0.717) is 13.1 Å². The number of amides is 2. The molecule has 0 spiro atoms. The van der Waals surface area contributed by atoms with Gasteiger partial charge in [-0.25, -0.2) is 0 Å². The van der Waals surface area contributed by atoms with Crippen LogP contribution in [-0.4, -0.2) is 53.8 Å². The van der Waals surface area contributed by atoms with Crippen LogP contribution in [0.1, 0.15) is 42.1 Å². The maximum atomic E-state index is 12.4. The third-order valence-corrected chi connectivity index (χ3v) is 4.85. The zero-order valence-corrected chi connectivity index (χ0v) is 13.8. The molecular weight excluding hydrogens is 290 g/mol. The Hall–Kier alpha value is -1.88. The first-order valence-corrected chi connectivity index (χ1v) is 8.56. The summed E-state index contributed by atoms with van der Waals surface area (Å²) in [6, 6.07) is 7.15. The van der Waals surface area contributed by atoms with Crippen molar-refractivity contribution in [2.75, 3.05) is 26.2 Å². The molecule has 124 valence electrons. The van der Waals surface area contributed by atoms with Gasteiger partial charge in [-0.05, 0) is 57.5 Å². The molecule has 0 saturated carbocycles. The van der Waals surface area contributed by atoms with E-state index in [9.17, 15) is 9.59 Å². The summed E-state index contributed by atoms with van der Waals surface area (Å²) in [6.07, 6.45) is 3.55. The van der Waals surface area contributed by atoms with E-state index in [0.717, 1.165) is 24.1 Å². The van der Waals surface area contributed by atoms with E-state index in [1.807, 2.05) is 24.3 Å². The van der Waals surface area contributed by atoms with Crippen LogP contribution in [0.2, 0.25) is 0 Å². The molecule has 0 bridgehead atoms. The number of benzene rings is 1. The lowest BCUT2D eigenvalue weighted by atomic mass is 10.1. The summed E-state index contributed by atoms with van der Waals surface area (Å²) >= 11 is 0. The number of carbonyl (C=O) groups excluding carboxylic acids is 2. The molecule has 1 aromatic rings. The van der Waals surface area contributed by atoms with E-state index in [2.05, 4.69) is 10.2 Å². The van der Waals surface area contributed by atoms with Crippen LogP contribution in [0.4, 0.5) is 0 Å². The van der Waals surface area contributed by atoms with Gasteiger partial charge in [-0.1, -0.05) is 18.2 Å². The summed E-state index contributed by atoms with van der Waals surface area (Å²) in [4.78, 5) is 28.8. The molecule has 0 radical (unpaired) electrons.